The van der Waals surface area contributed by atoms with Crippen molar-refractivity contribution in [3.05, 3.63) is 5.82 Å². The highest BCUT2D eigenvalue weighted by Crippen LogP contribution is 2.29. The Morgan fingerprint density at radius 1 is 1.13 bits per heavy atom. The summed E-state index contributed by atoms with van der Waals surface area (Å²) >= 11 is 1.44. The van der Waals surface area contributed by atoms with Crippen molar-refractivity contribution < 1.29 is 4.79 Å². The number of carbonyl (C=O) groups is 1. The number of carbonyl (C=O) groups excluding carboxylic acids is 1. The summed E-state index contributed by atoms with van der Waals surface area (Å²) in [5.41, 5.74) is 5.71. The van der Waals surface area contributed by atoms with Gasteiger partial charge in [0.2, 0.25) is 11.0 Å². The number of nitrogens with two attached hydrogens (primary N) is 1. The van der Waals surface area contributed by atoms with Crippen LogP contribution in [0.2, 0.25) is 0 Å². The standard InChI is InChI=1S/C14H23N5OS.2ClH/c1-11-16-13(21-17-11)19-8-4-7-18(9-10-19)12(20)14(15)5-2-3-6-14;;/h2-10,15H2,1H3;2*1H. The van der Waals surface area contributed by atoms with Crippen molar-refractivity contribution in [2.24, 2.45) is 5.73 Å². The van der Waals surface area contributed by atoms with Gasteiger partial charge in [0.25, 0.3) is 0 Å². The SMILES string of the molecule is Cc1nsc(N2CCCN(C(=O)C3(N)CCCC3)CC2)n1.Cl.Cl. The normalized spacial score (nSPS) is 20.4. The maximum atomic E-state index is 12.7. The predicted molar refractivity (Wildman–Crippen MR) is 97.9 cm³/mol. The zero-order chi connectivity index (χ0) is 14.9. The second kappa shape index (κ2) is 8.46. The average molecular weight is 382 g/mol. The first kappa shape index (κ1) is 20.4. The second-order valence-electron chi connectivity index (χ2n) is 6.12. The topological polar surface area (TPSA) is 75.4 Å². The van der Waals surface area contributed by atoms with Crippen molar-refractivity contribution in [1.82, 2.24) is 14.3 Å². The molecule has 132 valence electrons. The predicted octanol–water partition coefficient (Wildman–Crippen LogP) is 2.00. The minimum atomic E-state index is -0.603. The molecule has 0 unspecified atom stereocenters. The lowest BCUT2D eigenvalue weighted by Gasteiger charge is -2.30. The van der Waals surface area contributed by atoms with E-state index >= 15 is 0 Å². The number of rotatable bonds is 2. The molecule has 0 aromatic carbocycles. The summed E-state index contributed by atoms with van der Waals surface area (Å²) in [4.78, 5) is 21.3. The molecule has 2 fully saturated rings. The van der Waals surface area contributed by atoms with Crippen LogP contribution in [0.25, 0.3) is 0 Å². The molecule has 0 atom stereocenters. The van der Waals surface area contributed by atoms with E-state index in [-0.39, 0.29) is 30.7 Å². The van der Waals surface area contributed by atoms with Crippen LogP contribution >= 0.6 is 36.3 Å². The van der Waals surface area contributed by atoms with Crippen molar-refractivity contribution in [2.45, 2.75) is 44.6 Å². The number of anilines is 1. The third-order valence-electron chi connectivity index (χ3n) is 4.49. The lowest BCUT2D eigenvalue weighted by Crippen LogP contribution is -2.54. The number of hydrogen-bond acceptors (Lipinski definition) is 6. The Bertz CT molecular complexity index is 521. The summed E-state index contributed by atoms with van der Waals surface area (Å²) in [5.74, 6) is 0.967. The number of hydrogen-bond donors (Lipinski definition) is 1. The minimum absolute atomic E-state index is 0. The molecule has 0 spiro atoms. The van der Waals surface area contributed by atoms with Crippen molar-refractivity contribution in [2.75, 3.05) is 31.1 Å². The van der Waals surface area contributed by atoms with Gasteiger partial charge >= 0.3 is 0 Å². The van der Waals surface area contributed by atoms with Gasteiger partial charge in [0.1, 0.15) is 5.82 Å². The summed E-state index contributed by atoms with van der Waals surface area (Å²) in [6.07, 6.45) is 4.78. The molecule has 1 aliphatic carbocycles. The van der Waals surface area contributed by atoms with E-state index in [2.05, 4.69) is 14.3 Å². The van der Waals surface area contributed by atoms with E-state index in [0.29, 0.717) is 0 Å². The monoisotopic (exact) mass is 381 g/mol. The summed E-state index contributed by atoms with van der Waals surface area (Å²) in [6, 6.07) is 0. The van der Waals surface area contributed by atoms with Crippen molar-refractivity contribution >= 4 is 47.4 Å². The van der Waals surface area contributed by atoms with Gasteiger partial charge in [0.15, 0.2) is 0 Å². The lowest BCUT2D eigenvalue weighted by molar-refractivity contribution is -0.136. The van der Waals surface area contributed by atoms with Gasteiger partial charge in [-0.1, -0.05) is 12.8 Å². The van der Waals surface area contributed by atoms with Crippen molar-refractivity contribution in [3.63, 3.8) is 0 Å². The Labute approximate surface area is 153 Å². The van der Waals surface area contributed by atoms with Crippen LogP contribution in [0.15, 0.2) is 0 Å². The van der Waals surface area contributed by atoms with Gasteiger partial charge in [-0.3, -0.25) is 4.79 Å². The Hall–Kier alpha value is -0.630. The molecular weight excluding hydrogens is 357 g/mol. The Morgan fingerprint density at radius 2 is 1.83 bits per heavy atom. The van der Waals surface area contributed by atoms with Crippen LogP contribution in [0.4, 0.5) is 5.13 Å². The van der Waals surface area contributed by atoms with Gasteiger partial charge in [-0.25, -0.2) is 4.98 Å². The zero-order valence-electron chi connectivity index (χ0n) is 13.4. The molecule has 3 rings (SSSR count). The number of nitrogens with zero attached hydrogens (tertiary/aromatic N) is 4. The molecule has 9 heteroatoms. The van der Waals surface area contributed by atoms with Crippen LogP contribution in [0, 0.1) is 6.92 Å². The first-order valence-electron chi connectivity index (χ1n) is 7.72. The van der Waals surface area contributed by atoms with Gasteiger partial charge in [-0.2, -0.15) is 4.37 Å². The third kappa shape index (κ3) is 4.47. The molecule has 6 nitrogen and oxygen atoms in total. The molecule has 1 aliphatic heterocycles. The average Bonchev–Trinajstić information content (AvgIpc) is 3.02. The van der Waals surface area contributed by atoms with E-state index in [4.69, 9.17) is 5.73 Å². The van der Waals surface area contributed by atoms with Gasteiger partial charge in [0.05, 0.1) is 5.54 Å². The Morgan fingerprint density at radius 3 is 2.43 bits per heavy atom. The van der Waals surface area contributed by atoms with Crippen LogP contribution in [-0.4, -0.2) is 51.9 Å². The van der Waals surface area contributed by atoms with E-state index in [1.807, 2.05) is 11.8 Å². The minimum Gasteiger partial charge on any atom is -0.345 e. The third-order valence-corrected chi connectivity index (χ3v) is 5.36. The fraction of sp³-hybridized carbons (Fsp3) is 0.786. The molecular formula is C14H25Cl2N5OS. The van der Waals surface area contributed by atoms with Crippen LogP contribution in [-0.2, 0) is 4.79 Å². The van der Waals surface area contributed by atoms with E-state index in [9.17, 15) is 4.79 Å². The number of aromatic nitrogens is 2. The quantitative estimate of drug-likeness (QED) is 0.847. The largest absolute Gasteiger partial charge is 0.345 e. The van der Waals surface area contributed by atoms with Gasteiger partial charge in [-0.05, 0) is 26.2 Å². The van der Waals surface area contributed by atoms with E-state index in [1.165, 1.54) is 11.5 Å². The molecule has 1 saturated carbocycles. The highest BCUT2D eigenvalue weighted by atomic mass is 35.5. The number of halogens is 2. The number of amides is 1. The first-order valence-corrected chi connectivity index (χ1v) is 8.49. The lowest BCUT2D eigenvalue weighted by atomic mass is 9.97. The fourth-order valence-corrected chi connectivity index (χ4v) is 3.99. The van der Waals surface area contributed by atoms with Crippen molar-refractivity contribution in [3.8, 4) is 0 Å². The van der Waals surface area contributed by atoms with E-state index in [1.54, 1.807) is 0 Å². The van der Waals surface area contributed by atoms with Crippen molar-refractivity contribution in [1.29, 1.82) is 0 Å². The molecule has 2 heterocycles. The summed E-state index contributed by atoms with van der Waals surface area (Å²) in [6.45, 7) is 5.18. The molecule has 0 radical (unpaired) electrons. The molecule has 1 amide bonds. The Kier molecular flexibility index (Phi) is 7.51. The highest BCUT2D eigenvalue weighted by molar-refractivity contribution is 7.09. The zero-order valence-corrected chi connectivity index (χ0v) is 15.8. The summed E-state index contributed by atoms with van der Waals surface area (Å²) < 4.78 is 4.24. The summed E-state index contributed by atoms with van der Waals surface area (Å²) in [5, 5.41) is 0.963. The molecule has 2 N–H and O–H groups in total. The van der Waals surface area contributed by atoms with Gasteiger partial charge in [0, 0.05) is 37.7 Å². The molecule has 23 heavy (non-hydrogen) atoms. The molecule has 2 aliphatic rings. The maximum absolute atomic E-state index is 12.7. The molecule has 1 aromatic rings. The molecule has 1 saturated heterocycles. The second-order valence-corrected chi connectivity index (χ2v) is 6.85. The highest BCUT2D eigenvalue weighted by Gasteiger charge is 2.40. The summed E-state index contributed by atoms with van der Waals surface area (Å²) in [7, 11) is 0. The maximum Gasteiger partial charge on any atom is 0.242 e. The van der Waals surface area contributed by atoms with E-state index in [0.717, 1.165) is 69.2 Å². The molecule has 0 bridgehead atoms. The van der Waals surface area contributed by atoms with Crippen LogP contribution < -0.4 is 10.6 Å². The Balaban J connectivity index is 0.00000132. The van der Waals surface area contributed by atoms with Crippen LogP contribution in [0.3, 0.4) is 0 Å². The number of aryl methyl sites for hydroxylation is 1. The molecule has 1 aromatic heterocycles. The van der Waals surface area contributed by atoms with Crippen LogP contribution in [0.5, 0.6) is 0 Å². The van der Waals surface area contributed by atoms with Crippen LogP contribution in [0.1, 0.15) is 37.9 Å². The fourth-order valence-electron chi connectivity index (χ4n) is 3.26. The smallest absolute Gasteiger partial charge is 0.242 e. The van der Waals surface area contributed by atoms with E-state index < -0.39 is 5.54 Å². The van der Waals surface area contributed by atoms with Gasteiger partial charge < -0.3 is 15.5 Å². The van der Waals surface area contributed by atoms with Gasteiger partial charge in [-0.15, -0.1) is 24.8 Å². The first-order chi connectivity index (χ1) is 10.1.